The molecule has 180 valence electrons. The van der Waals surface area contributed by atoms with Gasteiger partial charge in [-0.1, -0.05) is 69.3 Å². The molecule has 0 radical (unpaired) electrons. The number of carboxylic acids is 1. The Morgan fingerprint density at radius 3 is 2.18 bits per heavy atom. The Balaban J connectivity index is 1.29. The first-order chi connectivity index (χ1) is 16.2. The van der Waals surface area contributed by atoms with Crippen molar-refractivity contribution < 1.29 is 24.2 Å². The van der Waals surface area contributed by atoms with Crippen molar-refractivity contribution in [3.8, 4) is 11.1 Å². The number of hydrogen-bond acceptors (Lipinski definition) is 4. The van der Waals surface area contributed by atoms with Crippen LogP contribution in [-0.2, 0) is 14.3 Å². The fourth-order valence-electron chi connectivity index (χ4n) is 5.04. The van der Waals surface area contributed by atoms with Crippen LogP contribution in [0.15, 0.2) is 48.5 Å². The third kappa shape index (κ3) is 4.93. The van der Waals surface area contributed by atoms with E-state index < -0.39 is 23.4 Å². The van der Waals surface area contributed by atoms with E-state index in [1.807, 2.05) is 45.0 Å². The summed E-state index contributed by atoms with van der Waals surface area (Å²) in [5.41, 5.74) is 4.16. The number of likely N-dealkylation sites (tertiary alicyclic amines) is 1. The minimum absolute atomic E-state index is 0.00734. The number of carbonyl (C=O) groups is 3. The molecule has 7 nitrogen and oxygen atoms in total. The first-order valence-electron chi connectivity index (χ1n) is 11.8. The lowest BCUT2D eigenvalue weighted by Gasteiger charge is -2.27. The second-order valence-corrected chi connectivity index (χ2v) is 10.2. The molecule has 0 aromatic heterocycles. The highest BCUT2D eigenvalue weighted by Crippen LogP contribution is 2.44. The number of nitrogens with zero attached hydrogens (tertiary/aromatic N) is 1. The third-order valence-electron chi connectivity index (χ3n) is 6.97. The van der Waals surface area contributed by atoms with Gasteiger partial charge in [-0.25, -0.2) is 4.79 Å². The standard InChI is InChI=1S/C27H32N2O5/c1-17-13-29(14-22(17)25(31)32)24(30)12-27(2,3)16-28-26(33)34-15-23-20-10-6-4-8-18(20)19-9-5-7-11-21(19)23/h4-11,17,22-23H,12-16H2,1-3H3,(H,28,33)(H,31,32). The Bertz CT molecular complexity index is 1050. The molecule has 1 heterocycles. The summed E-state index contributed by atoms with van der Waals surface area (Å²) in [4.78, 5) is 38.2. The number of ether oxygens (including phenoxy) is 1. The molecule has 2 aromatic carbocycles. The molecular weight excluding hydrogens is 432 g/mol. The smallest absolute Gasteiger partial charge is 0.407 e. The van der Waals surface area contributed by atoms with Crippen LogP contribution in [0.2, 0.25) is 0 Å². The fourth-order valence-corrected chi connectivity index (χ4v) is 5.04. The molecule has 1 fully saturated rings. The highest BCUT2D eigenvalue weighted by molar-refractivity contribution is 5.80. The fraction of sp³-hybridized carbons (Fsp3) is 0.444. The topological polar surface area (TPSA) is 95.9 Å². The van der Waals surface area contributed by atoms with Gasteiger partial charge < -0.3 is 20.1 Å². The van der Waals surface area contributed by atoms with Crippen LogP contribution < -0.4 is 5.32 Å². The summed E-state index contributed by atoms with van der Waals surface area (Å²) in [5.74, 6) is -1.55. The van der Waals surface area contributed by atoms with Gasteiger partial charge in [0.2, 0.25) is 5.91 Å². The molecule has 34 heavy (non-hydrogen) atoms. The van der Waals surface area contributed by atoms with Gasteiger partial charge in [-0.2, -0.15) is 0 Å². The van der Waals surface area contributed by atoms with Crippen molar-refractivity contribution in [2.75, 3.05) is 26.2 Å². The average molecular weight is 465 g/mol. The predicted octanol–water partition coefficient (Wildman–Crippen LogP) is 4.12. The van der Waals surface area contributed by atoms with Crippen LogP contribution in [0.1, 0.15) is 44.2 Å². The van der Waals surface area contributed by atoms with Crippen LogP contribution in [0.5, 0.6) is 0 Å². The zero-order valence-electron chi connectivity index (χ0n) is 19.9. The van der Waals surface area contributed by atoms with E-state index >= 15 is 0 Å². The molecule has 2 unspecified atom stereocenters. The van der Waals surface area contributed by atoms with Crippen LogP contribution >= 0.6 is 0 Å². The second kappa shape index (κ2) is 9.49. The van der Waals surface area contributed by atoms with Crippen LogP contribution in [0.4, 0.5) is 4.79 Å². The van der Waals surface area contributed by atoms with E-state index in [2.05, 4.69) is 29.6 Å². The van der Waals surface area contributed by atoms with Crippen molar-refractivity contribution in [3.63, 3.8) is 0 Å². The molecular formula is C27H32N2O5. The van der Waals surface area contributed by atoms with Crippen molar-refractivity contribution in [2.45, 2.75) is 33.1 Å². The summed E-state index contributed by atoms with van der Waals surface area (Å²) in [6.07, 6.45) is -0.293. The van der Waals surface area contributed by atoms with Gasteiger partial charge in [-0.3, -0.25) is 9.59 Å². The van der Waals surface area contributed by atoms with Crippen molar-refractivity contribution in [1.82, 2.24) is 10.2 Å². The van der Waals surface area contributed by atoms with E-state index in [4.69, 9.17) is 4.74 Å². The third-order valence-corrected chi connectivity index (χ3v) is 6.97. The number of fused-ring (bicyclic) bond motifs is 3. The van der Waals surface area contributed by atoms with Crippen molar-refractivity contribution in [3.05, 3.63) is 59.7 Å². The van der Waals surface area contributed by atoms with Gasteiger partial charge >= 0.3 is 12.1 Å². The van der Waals surface area contributed by atoms with Crippen molar-refractivity contribution >= 4 is 18.0 Å². The molecule has 2 atom stereocenters. The van der Waals surface area contributed by atoms with E-state index in [1.54, 1.807) is 4.90 Å². The quantitative estimate of drug-likeness (QED) is 0.643. The summed E-state index contributed by atoms with van der Waals surface area (Å²) in [5, 5.41) is 12.1. The van der Waals surface area contributed by atoms with Gasteiger partial charge in [-0.05, 0) is 33.6 Å². The second-order valence-electron chi connectivity index (χ2n) is 10.2. The molecule has 4 rings (SSSR count). The maximum Gasteiger partial charge on any atom is 0.407 e. The van der Waals surface area contributed by atoms with Crippen LogP contribution in [0.3, 0.4) is 0 Å². The van der Waals surface area contributed by atoms with E-state index in [0.29, 0.717) is 6.54 Å². The number of carboxylic acid groups (broad SMARTS) is 1. The number of rotatable bonds is 7. The van der Waals surface area contributed by atoms with E-state index in [9.17, 15) is 19.5 Å². The van der Waals surface area contributed by atoms with Gasteiger partial charge in [0.25, 0.3) is 0 Å². The SMILES string of the molecule is CC1CN(C(=O)CC(C)(C)CNC(=O)OCC2c3ccccc3-c3ccccc32)CC1C(=O)O. The van der Waals surface area contributed by atoms with E-state index in [0.717, 1.165) is 11.1 Å². The highest BCUT2D eigenvalue weighted by Gasteiger charge is 2.38. The van der Waals surface area contributed by atoms with Gasteiger partial charge in [-0.15, -0.1) is 0 Å². The zero-order valence-corrected chi connectivity index (χ0v) is 19.9. The first kappa shape index (κ1) is 23.8. The maximum atomic E-state index is 12.7. The number of alkyl carbamates (subject to hydrolysis) is 1. The summed E-state index contributed by atoms with van der Waals surface area (Å²) in [6.45, 7) is 6.88. The van der Waals surface area contributed by atoms with Crippen molar-refractivity contribution in [2.24, 2.45) is 17.3 Å². The van der Waals surface area contributed by atoms with E-state index in [-0.39, 0.29) is 43.9 Å². The molecule has 0 spiro atoms. The average Bonchev–Trinajstić information content (AvgIpc) is 3.35. The van der Waals surface area contributed by atoms with Crippen molar-refractivity contribution in [1.29, 1.82) is 0 Å². The predicted molar refractivity (Wildman–Crippen MR) is 128 cm³/mol. The summed E-state index contributed by atoms with van der Waals surface area (Å²) >= 11 is 0. The lowest BCUT2D eigenvalue weighted by Crippen LogP contribution is -2.39. The Hall–Kier alpha value is -3.35. The Morgan fingerprint density at radius 1 is 1.03 bits per heavy atom. The largest absolute Gasteiger partial charge is 0.481 e. The number of carbonyl (C=O) groups excluding carboxylic acids is 2. The summed E-state index contributed by atoms with van der Waals surface area (Å²) in [7, 11) is 0. The summed E-state index contributed by atoms with van der Waals surface area (Å²) in [6, 6.07) is 16.3. The van der Waals surface area contributed by atoms with Crippen LogP contribution in [0, 0.1) is 17.3 Å². The molecule has 1 saturated heterocycles. The van der Waals surface area contributed by atoms with Crippen LogP contribution in [-0.4, -0.2) is 54.2 Å². The molecule has 0 saturated carbocycles. The molecule has 0 bridgehead atoms. The normalized spacial score (nSPS) is 19.4. The molecule has 1 aliphatic heterocycles. The molecule has 7 heteroatoms. The monoisotopic (exact) mass is 464 g/mol. The maximum absolute atomic E-state index is 12.7. The first-order valence-corrected chi connectivity index (χ1v) is 11.8. The Kier molecular flexibility index (Phi) is 6.64. The lowest BCUT2D eigenvalue weighted by atomic mass is 9.88. The molecule has 2 N–H and O–H groups in total. The minimum Gasteiger partial charge on any atom is -0.481 e. The number of hydrogen-bond donors (Lipinski definition) is 2. The molecule has 1 aliphatic carbocycles. The Morgan fingerprint density at radius 2 is 1.62 bits per heavy atom. The zero-order chi connectivity index (χ0) is 24.5. The number of nitrogens with one attached hydrogen (secondary N) is 1. The Labute approximate surface area is 200 Å². The van der Waals surface area contributed by atoms with E-state index in [1.165, 1.54) is 11.1 Å². The van der Waals surface area contributed by atoms with Gasteiger partial charge in [0.05, 0.1) is 5.92 Å². The molecule has 2 amide bonds. The highest BCUT2D eigenvalue weighted by atomic mass is 16.5. The van der Waals surface area contributed by atoms with Gasteiger partial charge in [0, 0.05) is 32.0 Å². The lowest BCUT2D eigenvalue weighted by molar-refractivity contribution is -0.142. The van der Waals surface area contributed by atoms with Gasteiger partial charge in [0.1, 0.15) is 6.61 Å². The minimum atomic E-state index is -0.862. The summed E-state index contributed by atoms with van der Waals surface area (Å²) < 4.78 is 5.58. The van der Waals surface area contributed by atoms with Gasteiger partial charge in [0.15, 0.2) is 0 Å². The number of aliphatic carboxylic acids is 1. The molecule has 2 aromatic rings. The van der Waals surface area contributed by atoms with Crippen LogP contribution in [0.25, 0.3) is 11.1 Å². The molecule has 2 aliphatic rings. The number of benzene rings is 2. The number of amides is 2.